The second-order valence-electron chi connectivity index (χ2n) is 7.76. The molecule has 0 fully saturated rings. The van der Waals surface area contributed by atoms with E-state index in [-0.39, 0.29) is 11.8 Å². The predicted octanol–water partition coefficient (Wildman–Crippen LogP) is 5.54. The van der Waals surface area contributed by atoms with E-state index in [1.54, 1.807) is 0 Å². The molecule has 130 valence electrons. The van der Waals surface area contributed by atoms with E-state index in [2.05, 4.69) is 39.8 Å². The van der Waals surface area contributed by atoms with Gasteiger partial charge in [-0.2, -0.15) is 0 Å². The van der Waals surface area contributed by atoms with Crippen LogP contribution >= 0.6 is 0 Å². The normalized spacial score (nSPS) is 12.9. The molecule has 1 rings (SSSR count). The maximum Gasteiger partial charge on any atom is 0.138 e. The molecular weight excluding hydrogens is 284 g/mol. The summed E-state index contributed by atoms with van der Waals surface area (Å²) in [6.45, 7) is 13.5. The Hall–Kier alpha value is -1.31. The molecule has 0 aliphatic rings. The summed E-state index contributed by atoms with van der Waals surface area (Å²) in [6, 6.07) is 8.27. The number of benzene rings is 1. The highest BCUT2D eigenvalue weighted by Gasteiger charge is 2.22. The third kappa shape index (κ3) is 7.67. The van der Waals surface area contributed by atoms with Crippen LogP contribution in [0.4, 0.5) is 0 Å². The second-order valence-corrected chi connectivity index (χ2v) is 7.76. The van der Waals surface area contributed by atoms with Gasteiger partial charge in [0.2, 0.25) is 0 Å². The number of ether oxygens (including phenoxy) is 1. The summed E-state index contributed by atoms with van der Waals surface area (Å²) in [5, 5.41) is 0. The van der Waals surface area contributed by atoms with Crippen LogP contribution in [0.25, 0.3) is 0 Å². The molecule has 1 unspecified atom stereocenters. The molecule has 0 aliphatic carbocycles. The van der Waals surface area contributed by atoms with Gasteiger partial charge in [-0.1, -0.05) is 53.7 Å². The van der Waals surface area contributed by atoms with E-state index in [9.17, 15) is 4.79 Å². The lowest BCUT2D eigenvalue weighted by atomic mass is 9.84. The Morgan fingerprint density at radius 1 is 0.957 bits per heavy atom. The van der Waals surface area contributed by atoms with Crippen LogP contribution in [-0.4, -0.2) is 12.4 Å². The van der Waals surface area contributed by atoms with Crippen LogP contribution < -0.4 is 4.74 Å². The SMILES string of the molecule is CC(C)CCOc1ccc(CC(CC(C)C)C(=O)C(C)C)cc1. The summed E-state index contributed by atoms with van der Waals surface area (Å²) in [5.74, 6) is 2.75. The van der Waals surface area contributed by atoms with E-state index in [0.29, 0.717) is 17.6 Å². The molecule has 0 aromatic heterocycles. The van der Waals surface area contributed by atoms with Crippen molar-refractivity contribution in [3.8, 4) is 5.75 Å². The molecule has 0 saturated heterocycles. The number of Topliss-reactive ketones (excluding diaryl/α,β-unsaturated/α-hetero) is 1. The maximum absolute atomic E-state index is 12.4. The highest BCUT2D eigenvalue weighted by Crippen LogP contribution is 2.23. The zero-order chi connectivity index (χ0) is 17.4. The number of rotatable bonds is 10. The average molecular weight is 319 g/mol. The summed E-state index contributed by atoms with van der Waals surface area (Å²) < 4.78 is 5.76. The summed E-state index contributed by atoms with van der Waals surface area (Å²) >= 11 is 0. The summed E-state index contributed by atoms with van der Waals surface area (Å²) in [6.07, 6.45) is 2.87. The van der Waals surface area contributed by atoms with Gasteiger partial charge in [-0.05, 0) is 48.8 Å². The molecule has 0 heterocycles. The highest BCUT2D eigenvalue weighted by molar-refractivity contribution is 5.83. The van der Waals surface area contributed by atoms with Crippen LogP contribution in [0.15, 0.2) is 24.3 Å². The van der Waals surface area contributed by atoms with Gasteiger partial charge in [0, 0.05) is 11.8 Å². The van der Waals surface area contributed by atoms with Crippen LogP contribution in [0, 0.1) is 23.7 Å². The molecule has 2 heteroatoms. The first-order valence-corrected chi connectivity index (χ1v) is 9.05. The van der Waals surface area contributed by atoms with Crippen molar-refractivity contribution in [2.75, 3.05) is 6.61 Å². The Morgan fingerprint density at radius 2 is 1.57 bits per heavy atom. The van der Waals surface area contributed by atoms with Gasteiger partial charge >= 0.3 is 0 Å². The van der Waals surface area contributed by atoms with E-state index >= 15 is 0 Å². The Balaban J connectivity index is 2.64. The van der Waals surface area contributed by atoms with Crippen molar-refractivity contribution in [1.82, 2.24) is 0 Å². The number of hydrogen-bond donors (Lipinski definition) is 0. The monoisotopic (exact) mass is 318 g/mol. The summed E-state index contributed by atoms with van der Waals surface area (Å²) in [5.41, 5.74) is 1.22. The van der Waals surface area contributed by atoms with Crippen molar-refractivity contribution in [3.63, 3.8) is 0 Å². The predicted molar refractivity (Wildman–Crippen MR) is 97.9 cm³/mol. The zero-order valence-corrected chi connectivity index (χ0v) is 15.8. The van der Waals surface area contributed by atoms with Crippen molar-refractivity contribution in [2.45, 2.75) is 60.8 Å². The highest BCUT2D eigenvalue weighted by atomic mass is 16.5. The fourth-order valence-electron chi connectivity index (χ4n) is 2.76. The molecule has 0 radical (unpaired) electrons. The Kier molecular flexibility index (Phi) is 8.36. The average Bonchev–Trinajstić information content (AvgIpc) is 2.46. The Labute approximate surface area is 142 Å². The smallest absolute Gasteiger partial charge is 0.138 e. The minimum absolute atomic E-state index is 0.109. The topological polar surface area (TPSA) is 26.3 Å². The van der Waals surface area contributed by atoms with E-state index in [0.717, 1.165) is 31.6 Å². The van der Waals surface area contributed by atoms with Crippen molar-refractivity contribution < 1.29 is 9.53 Å². The van der Waals surface area contributed by atoms with E-state index in [1.807, 2.05) is 26.0 Å². The number of carbonyl (C=O) groups is 1. The van der Waals surface area contributed by atoms with Crippen molar-refractivity contribution in [1.29, 1.82) is 0 Å². The fraction of sp³-hybridized carbons (Fsp3) is 0.667. The molecule has 0 aliphatic heterocycles. The van der Waals surface area contributed by atoms with Gasteiger partial charge in [-0.15, -0.1) is 0 Å². The Morgan fingerprint density at radius 3 is 2.04 bits per heavy atom. The first-order chi connectivity index (χ1) is 10.8. The van der Waals surface area contributed by atoms with Gasteiger partial charge in [0.1, 0.15) is 11.5 Å². The van der Waals surface area contributed by atoms with Gasteiger partial charge in [0.25, 0.3) is 0 Å². The number of ketones is 1. The van der Waals surface area contributed by atoms with E-state index in [4.69, 9.17) is 4.74 Å². The quantitative estimate of drug-likeness (QED) is 0.566. The fourth-order valence-corrected chi connectivity index (χ4v) is 2.76. The van der Waals surface area contributed by atoms with Crippen LogP contribution in [0.3, 0.4) is 0 Å². The molecule has 23 heavy (non-hydrogen) atoms. The minimum Gasteiger partial charge on any atom is -0.494 e. The lowest BCUT2D eigenvalue weighted by molar-refractivity contribution is -0.126. The molecule has 1 aromatic rings. The number of carbonyl (C=O) groups excluding carboxylic acids is 1. The van der Waals surface area contributed by atoms with E-state index in [1.165, 1.54) is 5.56 Å². The second kappa shape index (κ2) is 9.75. The van der Waals surface area contributed by atoms with Crippen LogP contribution in [-0.2, 0) is 11.2 Å². The molecule has 0 N–H and O–H groups in total. The van der Waals surface area contributed by atoms with Gasteiger partial charge < -0.3 is 4.74 Å². The van der Waals surface area contributed by atoms with Crippen molar-refractivity contribution in [2.24, 2.45) is 23.7 Å². The molecule has 1 aromatic carbocycles. The summed E-state index contributed by atoms with van der Waals surface area (Å²) in [4.78, 5) is 12.4. The van der Waals surface area contributed by atoms with Gasteiger partial charge in [-0.3, -0.25) is 4.79 Å². The molecule has 0 amide bonds. The van der Waals surface area contributed by atoms with Crippen LogP contribution in [0.2, 0.25) is 0 Å². The molecule has 1 atom stereocenters. The lowest BCUT2D eigenvalue weighted by Crippen LogP contribution is -2.23. The molecule has 0 spiro atoms. The van der Waals surface area contributed by atoms with Crippen molar-refractivity contribution >= 4 is 5.78 Å². The lowest BCUT2D eigenvalue weighted by Gasteiger charge is -2.20. The maximum atomic E-state index is 12.4. The third-order valence-corrected chi connectivity index (χ3v) is 4.10. The zero-order valence-electron chi connectivity index (χ0n) is 15.8. The first-order valence-electron chi connectivity index (χ1n) is 9.05. The van der Waals surface area contributed by atoms with Gasteiger partial charge in [0.05, 0.1) is 6.61 Å². The number of hydrogen-bond acceptors (Lipinski definition) is 2. The van der Waals surface area contributed by atoms with Crippen molar-refractivity contribution in [3.05, 3.63) is 29.8 Å². The van der Waals surface area contributed by atoms with E-state index < -0.39 is 0 Å². The minimum atomic E-state index is 0.109. The molecular formula is C21H34O2. The molecule has 0 bridgehead atoms. The van der Waals surface area contributed by atoms with Crippen LogP contribution in [0.5, 0.6) is 5.75 Å². The van der Waals surface area contributed by atoms with Gasteiger partial charge in [-0.25, -0.2) is 0 Å². The van der Waals surface area contributed by atoms with Gasteiger partial charge in [0.15, 0.2) is 0 Å². The first kappa shape index (κ1) is 19.7. The standard InChI is InChI=1S/C21H34O2/c1-15(2)11-12-23-20-9-7-18(8-10-20)14-19(13-16(3)4)21(22)17(5)6/h7-10,15-17,19H,11-14H2,1-6H3. The van der Waals surface area contributed by atoms with Crippen LogP contribution in [0.1, 0.15) is 59.9 Å². The largest absolute Gasteiger partial charge is 0.494 e. The molecule has 0 saturated carbocycles. The summed E-state index contributed by atoms with van der Waals surface area (Å²) in [7, 11) is 0. The molecule has 2 nitrogen and oxygen atoms in total. The Bertz CT molecular complexity index is 457. The third-order valence-electron chi connectivity index (χ3n) is 4.10.